The van der Waals surface area contributed by atoms with Crippen molar-refractivity contribution in [1.82, 2.24) is 0 Å². The fraction of sp³-hybridized carbons (Fsp3) is 0.450. The number of carbonyl (C=O) groups is 5. The van der Waals surface area contributed by atoms with Crippen molar-refractivity contribution in [2.45, 2.75) is 51.0 Å². The van der Waals surface area contributed by atoms with E-state index in [0.29, 0.717) is 6.29 Å². The number of hydrogen-bond acceptors (Lipinski definition) is 11. The van der Waals surface area contributed by atoms with Crippen LogP contribution in [0.15, 0.2) is 24.3 Å². The third-order valence-corrected chi connectivity index (χ3v) is 4.40. The monoisotopic (exact) mass is 438 g/mol. The van der Waals surface area contributed by atoms with Gasteiger partial charge in [0.25, 0.3) is 0 Å². The van der Waals surface area contributed by atoms with Gasteiger partial charge < -0.3 is 28.8 Å². The Morgan fingerprint density at radius 3 is 1.90 bits per heavy atom. The van der Waals surface area contributed by atoms with Crippen molar-refractivity contribution in [3.63, 3.8) is 0 Å². The normalized spacial score (nSPS) is 27.5. The molecule has 5 atom stereocenters. The van der Waals surface area contributed by atoms with Gasteiger partial charge in [0.15, 0.2) is 18.3 Å². The van der Waals surface area contributed by atoms with Crippen LogP contribution in [-0.2, 0) is 48.6 Å². The SMILES string of the molecule is COC(=O)[C@H]1O[C@](O)(c2ccc(C=O)cc2)[C@H](OC(C)=O)[C@@H](OC(C)=O)[C@@H]1OC(C)=O. The second kappa shape index (κ2) is 9.67. The van der Waals surface area contributed by atoms with E-state index < -0.39 is 54.1 Å². The Bertz CT molecular complexity index is 862. The van der Waals surface area contributed by atoms with Crippen molar-refractivity contribution in [1.29, 1.82) is 0 Å². The second-order valence-corrected chi connectivity index (χ2v) is 6.68. The minimum absolute atomic E-state index is 0.0309. The number of hydrogen-bond donors (Lipinski definition) is 1. The summed E-state index contributed by atoms with van der Waals surface area (Å²) in [5.41, 5.74) is 0.239. The molecule has 0 unspecified atom stereocenters. The van der Waals surface area contributed by atoms with Crippen molar-refractivity contribution in [2.75, 3.05) is 7.11 Å². The summed E-state index contributed by atoms with van der Waals surface area (Å²) in [5.74, 6) is -6.20. The molecular formula is C20H22O11. The predicted molar refractivity (Wildman–Crippen MR) is 99.3 cm³/mol. The Balaban J connectivity index is 2.69. The fourth-order valence-electron chi connectivity index (χ4n) is 3.19. The first-order chi connectivity index (χ1) is 14.5. The molecule has 0 aromatic heterocycles. The van der Waals surface area contributed by atoms with E-state index in [0.717, 1.165) is 27.9 Å². The van der Waals surface area contributed by atoms with E-state index in [1.807, 2.05) is 0 Å². The predicted octanol–water partition coefficient (Wildman–Crippen LogP) is 0.0111. The maximum absolute atomic E-state index is 12.4. The van der Waals surface area contributed by atoms with Gasteiger partial charge >= 0.3 is 23.9 Å². The Labute approximate surface area is 177 Å². The highest BCUT2D eigenvalue weighted by molar-refractivity contribution is 5.77. The van der Waals surface area contributed by atoms with Gasteiger partial charge in [-0.25, -0.2) is 4.79 Å². The van der Waals surface area contributed by atoms with Crippen LogP contribution in [0.25, 0.3) is 0 Å². The molecule has 1 aromatic carbocycles. The molecule has 0 spiro atoms. The second-order valence-electron chi connectivity index (χ2n) is 6.68. The van der Waals surface area contributed by atoms with E-state index in [9.17, 15) is 29.1 Å². The molecule has 11 nitrogen and oxygen atoms in total. The summed E-state index contributed by atoms with van der Waals surface area (Å²) in [6.45, 7) is 3.11. The summed E-state index contributed by atoms with van der Waals surface area (Å²) in [6.07, 6.45) is -6.18. The molecule has 0 bridgehead atoms. The summed E-state index contributed by atoms with van der Waals surface area (Å²) >= 11 is 0. The largest absolute Gasteiger partial charge is 0.467 e. The number of benzene rings is 1. The first-order valence-corrected chi connectivity index (χ1v) is 9.08. The first-order valence-electron chi connectivity index (χ1n) is 9.08. The average molecular weight is 438 g/mol. The molecule has 2 rings (SSSR count). The molecular weight excluding hydrogens is 416 g/mol. The van der Waals surface area contributed by atoms with Crippen molar-refractivity contribution >= 4 is 30.2 Å². The number of aliphatic hydroxyl groups is 1. The number of ether oxygens (including phenoxy) is 5. The van der Waals surface area contributed by atoms with E-state index in [1.54, 1.807) is 0 Å². The molecule has 1 N–H and O–H groups in total. The van der Waals surface area contributed by atoms with Gasteiger partial charge in [-0.2, -0.15) is 0 Å². The van der Waals surface area contributed by atoms with Gasteiger partial charge in [-0.3, -0.25) is 19.2 Å². The Kier molecular flexibility index (Phi) is 7.47. The van der Waals surface area contributed by atoms with Gasteiger partial charge in [-0.1, -0.05) is 24.3 Å². The average Bonchev–Trinajstić information content (AvgIpc) is 2.71. The van der Waals surface area contributed by atoms with Gasteiger partial charge in [-0.05, 0) is 0 Å². The molecule has 0 radical (unpaired) electrons. The van der Waals surface area contributed by atoms with Crippen LogP contribution in [-0.4, -0.2) is 66.8 Å². The molecule has 168 valence electrons. The molecule has 31 heavy (non-hydrogen) atoms. The zero-order valence-electron chi connectivity index (χ0n) is 17.2. The van der Waals surface area contributed by atoms with Gasteiger partial charge in [0, 0.05) is 31.9 Å². The van der Waals surface area contributed by atoms with Crippen LogP contribution in [0, 0.1) is 0 Å². The van der Waals surface area contributed by atoms with Gasteiger partial charge in [0.05, 0.1) is 7.11 Å². The Hall–Kier alpha value is -3.31. The molecule has 1 aliphatic heterocycles. The van der Waals surface area contributed by atoms with Crippen molar-refractivity contribution < 1.29 is 52.8 Å². The molecule has 0 aliphatic carbocycles. The molecule has 0 saturated carbocycles. The topological polar surface area (TPSA) is 152 Å². The Morgan fingerprint density at radius 2 is 1.45 bits per heavy atom. The van der Waals surface area contributed by atoms with Crippen LogP contribution in [0.1, 0.15) is 36.7 Å². The summed E-state index contributed by atoms with van der Waals surface area (Å²) in [4.78, 5) is 58.6. The van der Waals surface area contributed by atoms with Crippen molar-refractivity contribution in [3.8, 4) is 0 Å². The molecule has 1 heterocycles. The van der Waals surface area contributed by atoms with E-state index in [-0.39, 0.29) is 11.1 Å². The van der Waals surface area contributed by atoms with Crippen LogP contribution >= 0.6 is 0 Å². The zero-order chi connectivity index (χ0) is 23.3. The summed E-state index contributed by atoms with van der Waals surface area (Å²) < 4.78 is 25.8. The lowest BCUT2D eigenvalue weighted by atomic mass is 9.87. The smallest absolute Gasteiger partial charge is 0.339 e. The van der Waals surface area contributed by atoms with Crippen LogP contribution < -0.4 is 0 Å². The first kappa shape index (κ1) is 24.0. The summed E-state index contributed by atoms with van der Waals surface area (Å²) in [7, 11) is 1.04. The lowest BCUT2D eigenvalue weighted by Crippen LogP contribution is -2.67. The van der Waals surface area contributed by atoms with Crippen molar-refractivity contribution in [3.05, 3.63) is 35.4 Å². The van der Waals surface area contributed by atoms with Gasteiger partial charge in [0.1, 0.15) is 6.29 Å². The number of methoxy groups -OCH3 is 1. The lowest BCUT2D eigenvalue weighted by Gasteiger charge is -2.48. The number of esters is 4. The van der Waals surface area contributed by atoms with Gasteiger partial charge in [0.2, 0.25) is 11.9 Å². The standard InChI is InChI=1S/C20H22O11/c1-10(22)28-15-16(29-11(2)23)18(30-12(3)24)20(26,31-17(15)19(25)27-4)14-7-5-13(9-21)6-8-14/h5-9,15-18,26H,1-4H3/t15-,16-,17-,18+,20+/m0/s1. The summed E-state index contributed by atoms with van der Waals surface area (Å²) in [5, 5.41) is 11.4. The molecule has 1 fully saturated rings. The van der Waals surface area contributed by atoms with E-state index in [4.69, 9.17) is 18.9 Å². The van der Waals surface area contributed by atoms with Crippen LogP contribution in [0.5, 0.6) is 0 Å². The fourth-order valence-corrected chi connectivity index (χ4v) is 3.19. The number of rotatable bonds is 6. The van der Waals surface area contributed by atoms with Crippen LogP contribution in [0.3, 0.4) is 0 Å². The maximum atomic E-state index is 12.4. The maximum Gasteiger partial charge on any atom is 0.339 e. The highest BCUT2D eigenvalue weighted by atomic mass is 16.7. The molecule has 1 aliphatic rings. The molecule has 1 aromatic rings. The quantitative estimate of drug-likeness (QED) is 0.363. The van der Waals surface area contributed by atoms with E-state index >= 15 is 0 Å². The highest BCUT2D eigenvalue weighted by Crippen LogP contribution is 2.41. The molecule has 1 saturated heterocycles. The zero-order valence-corrected chi connectivity index (χ0v) is 17.2. The van der Waals surface area contributed by atoms with E-state index in [1.165, 1.54) is 24.3 Å². The number of carbonyl (C=O) groups excluding carboxylic acids is 5. The molecule has 11 heteroatoms. The molecule has 0 amide bonds. The lowest BCUT2D eigenvalue weighted by molar-refractivity contribution is -0.352. The Morgan fingerprint density at radius 1 is 0.935 bits per heavy atom. The summed E-state index contributed by atoms with van der Waals surface area (Å²) in [6, 6.07) is 5.29. The highest BCUT2D eigenvalue weighted by Gasteiger charge is 2.62. The van der Waals surface area contributed by atoms with Gasteiger partial charge in [-0.15, -0.1) is 0 Å². The number of aldehydes is 1. The van der Waals surface area contributed by atoms with Crippen LogP contribution in [0.2, 0.25) is 0 Å². The van der Waals surface area contributed by atoms with E-state index in [2.05, 4.69) is 4.74 Å². The minimum atomic E-state index is -2.54. The third-order valence-electron chi connectivity index (χ3n) is 4.40. The third kappa shape index (κ3) is 5.25. The van der Waals surface area contributed by atoms with Crippen LogP contribution in [0.4, 0.5) is 0 Å². The van der Waals surface area contributed by atoms with Crippen molar-refractivity contribution in [2.24, 2.45) is 0 Å². The minimum Gasteiger partial charge on any atom is -0.467 e.